The lowest BCUT2D eigenvalue weighted by Crippen LogP contribution is -2.32. The van der Waals surface area contributed by atoms with Gasteiger partial charge < -0.3 is 14.6 Å². The van der Waals surface area contributed by atoms with Crippen LogP contribution in [0.4, 0.5) is 0 Å². The number of hydroxylamine groups is 2. The van der Waals surface area contributed by atoms with Gasteiger partial charge in [-0.2, -0.15) is 0 Å². The molecule has 26 heavy (non-hydrogen) atoms. The molecule has 0 atom stereocenters. The third kappa shape index (κ3) is 2.29. The van der Waals surface area contributed by atoms with Gasteiger partial charge in [-0.05, 0) is 18.2 Å². The van der Waals surface area contributed by atoms with Gasteiger partial charge in [0, 0.05) is 5.38 Å². The second-order valence-electron chi connectivity index (χ2n) is 5.39. The fourth-order valence-corrected chi connectivity index (χ4v) is 3.59. The Balaban J connectivity index is 1.61. The number of thiophene rings is 1. The molecule has 0 unspecified atom stereocenters. The van der Waals surface area contributed by atoms with E-state index < -0.39 is 23.8 Å². The number of hydrogen-bond acceptors (Lipinski definition) is 7. The summed E-state index contributed by atoms with van der Waals surface area (Å²) >= 11 is 1.24. The molecule has 1 aromatic carbocycles. The molecule has 3 heterocycles. The van der Waals surface area contributed by atoms with E-state index in [1.807, 2.05) is 0 Å². The Bertz CT molecular complexity index is 1060. The lowest BCUT2D eigenvalue weighted by molar-refractivity contribution is -0.0587. The Kier molecular flexibility index (Phi) is 3.58. The lowest BCUT2D eigenvalue weighted by Gasteiger charge is -2.11. The fraction of sp³-hybridized carbons (Fsp3) is 0.0588. The van der Waals surface area contributed by atoms with Crippen molar-refractivity contribution in [1.29, 1.82) is 0 Å². The number of fused-ring (bicyclic) bond motifs is 2. The van der Waals surface area contributed by atoms with Crippen LogP contribution < -0.4 is 0 Å². The van der Waals surface area contributed by atoms with E-state index in [4.69, 9.17) is 4.84 Å². The number of imide groups is 1. The average Bonchev–Trinajstić information content (AvgIpc) is 3.30. The van der Waals surface area contributed by atoms with E-state index in [0.717, 1.165) is 0 Å². The van der Waals surface area contributed by atoms with Crippen molar-refractivity contribution >= 4 is 45.3 Å². The molecule has 0 aliphatic carbocycles. The predicted molar refractivity (Wildman–Crippen MR) is 89.9 cm³/mol. The van der Waals surface area contributed by atoms with Gasteiger partial charge in [0.15, 0.2) is 0 Å². The number of aromatic nitrogens is 1. The summed E-state index contributed by atoms with van der Waals surface area (Å²) in [6.07, 6.45) is 0. The van der Waals surface area contributed by atoms with Crippen LogP contribution >= 0.6 is 11.3 Å². The van der Waals surface area contributed by atoms with E-state index in [0.29, 0.717) is 15.3 Å². The highest BCUT2D eigenvalue weighted by molar-refractivity contribution is 7.17. The summed E-state index contributed by atoms with van der Waals surface area (Å²) in [6.45, 7) is 0. The normalized spacial score (nSPS) is 13.2. The average molecular weight is 370 g/mol. The maximum absolute atomic E-state index is 12.3. The number of amides is 2. The molecular formula is C17H10N2O6S. The molecule has 2 aromatic heterocycles. The minimum Gasteiger partial charge on any atom is -0.465 e. The number of ether oxygens (including phenoxy) is 1. The Morgan fingerprint density at radius 2 is 1.73 bits per heavy atom. The van der Waals surface area contributed by atoms with Gasteiger partial charge in [-0.25, -0.2) is 9.59 Å². The number of rotatable bonds is 3. The molecule has 0 radical (unpaired) electrons. The number of hydrogen-bond donors (Lipinski definition) is 1. The Hall–Kier alpha value is -3.46. The van der Waals surface area contributed by atoms with Crippen molar-refractivity contribution in [2.45, 2.75) is 0 Å². The van der Waals surface area contributed by atoms with Gasteiger partial charge in [-0.3, -0.25) is 9.59 Å². The van der Waals surface area contributed by atoms with Crippen molar-refractivity contribution in [2.24, 2.45) is 0 Å². The number of nitrogens with one attached hydrogen (secondary N) is 1. The van der Waals surface area contributed by atoms with Crippen molar-refractivity contribution < 1.29 is 28.8 Å². The first-order chi connectivity index (χ1) is 12.5. The van der Waals surface area contributed by atoms with E-state index in [2.05, 4.69) is 9.72 Å². The number of esters is 1. The monoisotopic (exact) mass is 370 g/mol. The first kappa shape index (κ1) is 16.0. The van der Waals surface area contributed by atoms with E-state index in [-0.39, 0.29) is 22.4 Å². The van der Waals surface area contributed by atoms with Crippen molar-refractivity contribution in [1.82, 2.24) is 10.0 Å². The van der Waals surface area contributed by atoms with Crippen molar-refractivity contribution in [3.05, 3.63) is 58.1 Å². The molecule has 0 fully saturated rings. The summed E-state index contributed by atoms with van der Waals surface area (Å²) < 4.78 is 5.32. The first-order valence-electron chi connectivity index (χ1n) is 7.40. The molecule has 8 nitrogen and oxygen atoms in total. The summed E-state index contributed by atoms with van der Waals surface area (Å²) in [7, 11) is 1.26. The standard InChI is InChI=1S/C17H10N2O6S/c1-24-16(22)10-7-26-12-6-11(18-13(10)12)17(23)25-19-14(20)8-4-2-3-5-9(8)15(19)21/h2-7,18H,1H3. The van der Waals surface area contributed by atoms with Crippen LogP contribution in [-0.2, 0) is 9.57 Å². The molecule has 0 saturated carbocycles. The van der Waals surface area contributed by atoms with Gasteiger partial charge in [0.2, 0.25) is 0 Å². The minimum atomic E-state index is -0.918. The second-order valence-corrected chi connectivity index (χ2v) is 6.30. The highest BCUT2D eigenvalue weighted by Gasteiger charge is 2.39. The molecule has 3 aromatic rings. The maximum atomic E-state index is 12.3. The van der Waals surface area contributed by atoms with Crippen LogP contribution in [0.1, 0.15) is 41.6 Å². The van der Waals surface area contributed by atoms with E-state index >= 15 is 0 Å². The summed E-state index contributed by atoms with van der Waals surface area (Å²) in [5, 5.41) is 2.04. The number of carbonyl (C=O) groups is 4. The zero-order valence-electron chi connectivity index (χ0n) is 13.3. The maximum Gasteiger partial charge on any atom is 0.380 e. The zero-order valence-corrected chi connectivity index (χ0v) is 14.1. The molecule has 1 aliphatic heterocycles. The van der Waals surface area contributed by atoms with Crippen molar-refractivity contribution in [3.8, 4) is 0 Å². The Morgan fingerprint density at radius 3 is 2.35 bits per heavy atom. The number of benzene rings is 1. The summed E-state index contributed by atoms with van der Waals surface area (Å²) in [4.78, 5) is 56.3. The molecule has 0 bridgehead atoms. The van der Waals surface area contributed by atoms with Gasteiger partial charge in [0.05, 0.1) is 34.0 Å². The summed E-state index contributed by atoms with van der Waals surface area (Å²) in [5.74, 6) is -2.87. The fourth-order valence-electron chi connectivity index (χ4n) is 2.66. The number of carbonyl (C=O) groups excluding carboxylic acids is 4. The van der Waals surface area contributed by atoms with Gasteiger partial charge in [-0.15, -0.1) is 11.3 Å². The molecule has 0 saturated heterocycles. The SMILES string of the molecule is COC(=O)c1csc2cc(C(=O)ON3C(=O)c4ccccc4C3=O)[nH]c12. The third-order valence-corrected chi connectivity index (χ3v) is 4.84. The molecule has 130 valence electrons. The molecule has 0 spiro atoms. The topological polar surface area (TPSA) is 106 Å². The largest absolute Gasteiger partial charge is 0.465 e. The van der Waals surface area contributed by atoms with Gasteiger partial charge in [-0.1, -0.05) is 17.2 Å². The van der Waals surface area contributed by atoms with Crippen LogP contribution in [-0.4, -0.2) is 40.9 Å². The van der Waals surface area contributed by atoms with Gasteiger partial charge in [0.1, 0.15) is 5.69 Å². The van der Waals surface area contributed by atoms with Crippen LogP contribution in [0, 0.1) is 0 Å². The van der Waals surface area contributed by atoms with Crippen LogP contribution in [0.3, 0.4) is 0 Å². The number of methoxy groups -OCH3 is 1. The summed E-state index contributed by atoms with van der Waals surface area (Å²) in [6, 6.07) is 7.67. The van der Waals surface area contributed by atoms with Gasteiger partial charge >= 0.3 is 11.9 Å². The highest BCUT2D eigenvalue weighted by atomic mass is 32.1. The third-order valence-electron chi connectivity index (χ3n) is 3.91. The minimum absolute atomic E-state index is 0.00793. The van der Waals surface area contributed by atoms with Gasteiger partial charge in [0.25, 0.3) is 11.8 Å². The molecule has 1 aliphatic rings. The van der Waals surface area contributed by atoms with Crippen LogP contribution in [0.15, 0.2) is 35.7 Å². The molecule has 2 amide bonds. The highest BCUT2D eigenvalue weighted by Crippen LogP contribution is 2.28. The van der Waals surface area contributed by atoms with E-state index in [1.54, 1.807) is 17.5 Å². The Morgan fingerprint density at radius 1 is 1.08 bits per heavy atom. The van der Waals surface area contributed by atoms with Crippen LogP contribution in [0.25, 0.3) is 10.2 Å². The predicted octanol–water partition coefficient (Wildman–Crippen LogP) is 2.38. The Labute approximate surface area is 149 Å². The van der Waals surface area contributed by atoms with E-state index in [1.165, 1.54) is 36.6 Å². The molecular weight excluding hydrogens is 360 g/mol. The van der Waals surface area contributed by atoms with Crippen molar-refractivity contribution in [2.75, 3.05) is 7.11 Å². The number of aromatic amines is 1. The second kappa shape index (κ2) is 5.81. The number of nitrogens with zero attached hydrogens (tertiary/aromatic N) is 1. The summed E-state index contributed by atoms with van der Waals surface area (Å²) in [5.41, 5.74) is 1.06. The van der Waals surface area contributed by atoms with E-state index in [9.17, 15) is 19.2 Å². The van der Waals surface area contributed by atoms with Crippen LogP contribution in [0.2, 0.25) is 0 Å². The van der Waals surface area contributed by atoms with Crippen LogP contribution in [0.5, 0.6) is 0 Å². The molecule has 1 N–H and O–H groups in total. The quantitative estimate of drug-likeness (QED) is 0.560. The lowest BCUT2D eigenvalue weighted by atomic mass is 10.1. The van der Waals surface area contributed by atoms with Crippen molar-refractivity contribution in [3.63, 3.8) is 0 Å². The first-order valence-corrected chi connectivity index (χ1v) is 8.28. The molecule has 4 rings (SSSR count). The zero-order chi connectivity index (χ0) is 18.4. The smallest absolute Gasteiger partial charge is 0.380 e. The molecule has 9 heteroatoms. The number of H-pyrrole nitrogens is 1.